The van der Waals surface area contributed by atoms with Crippen LogP contribution in [0.15, 0.2) is 42.7 Å². The molecule has 4 N–H and O–H groups in total. The molecular formula is C16H21N5O2. The van der Waals surface area contributed by atoms with Gasteiger partial charge in [0.25, 0.3) is 0 Å². The van der Waals surface area contributed by atoms with E-state index in [9.17, 15) is 9.59 Å². The number of carbonyl (C=O) groups excluding carboxylic acids is 2. The van der Waals surface area contributed by atoms with Gasteiger partial charge in [0.15, 0.2) is 0 Å². The number of nitrogens with zero attached hydrogens (tertiary/aromatic N) is 2. The molecule has 2 aromatic rings. The summed E-state index contributed by atoms with van der Waals surface area (Å²) in [6.45, 7) is 0.386. The second kappa shape index (κ2) is 7.98. The average Bonchev–Trinajstić information content (AvgIpc) is 2.96. The number of amides is 3. The van der Waals surface area contributed by atoms with Crippen molar-refractivity contribution in [2.45, 2.75) is 18.9 Å². The van der Waals surface area contributed by atoms with Crippen LogP contribution < -0.4 is 16.4 Å². The molecule has 0 saturated heterocycles. The Morgan fingerprint density at radius 1 is 1.30 bits per heavy atom. The van der Waals surface area contributed by atoms with Crippen LogP contribution >= 0.6 is 0 Å². The van der Waals surface area contributed by atoms with Gasteiger partial charge in [0.1, 0.15) is 11.9 Å². The van der Waals surface area contributed by atoms with Crippen molar-refractivity contribution in [3.8, 4) is 0 Å². The quantitative estimate of drug-likeness (QED) is 0.666. The third-order valence-electron chi connectivity index (χ3n) is 3.41. The summed E-state index contributed by atoms with van der Waals surface area (Å²) in [5.74, 6) is 0.367. The Kier molecular flexibility index (Phi) is 5.74. The number of hydrogen-bond donors (Lipinski definition) is 3. The molecule has 3 amide bonds. The van der Waals surface area contributed by atoms with Crippen LogP contribution in [0.3, 0.4) is 0 Å². The first-order valence-electron chi connectivity index (χ1n) is 7.42. The highest BCUT2D eigenvalue weighted by molar-refractivity contribution is 5.75. The smallest absolute Gasteiger partial charge is 0.315 e. The van der Waals surface area contributed by atoms with Gasteiger partial charge in [0, 0.05) is 32.4 Å². The van der Waals surface area contributed by atoms with E-state index >= 15 is 0 Å². The molecule has 1 aromatic heterocycles. The number of carbonyl (C=O) groups is 2. The monoisotopic (exact) mass is 315 g/mol. The number of nitrogens with one attached hydrogen (secondary N) is 2. The van der Waals surface area contributed by atoms with Gasteiger partial charge < -0.3 is 20.9 Å². The summed E-state index contributed by atoms with van der Waals surface area (Å²) >= 11 is 0. The SMILES string of the molecule is Cn1ccnc1[C@H](NC(=O)NCCCC(N)=O)c1ccccc1. The largest absolute Gasteiger partial charge is 0.370 e. The van der Waals surface area contributed by atoms with Crippen molar-refractivity contribution >= 4 is 11.9 Å². The van der Waals surface area contributed by atoms with E-state index in [0.29, 0.717) is 13.0 Å². The molecule has 0 radical (unpaired) electrons. The van der Waals surface area contributed by atoms with E-state index in [4.69, 9.17) is 5.73 Å². The Labute approximate surface area is 134 Å². The number of nitrogens with two attached hydrogens (primary N) is 1. The zero-order chi connectivity index (χ0) is 16.7. The highest BCUT2D eigenvalue weighted by atomic mass is 16.2. The molecule has 0 aliphatic carbocycles. The average molecular weight is 315 g/mol. The minimum absolute atomic E-state index is 0.252. The van der Waals surface area contributed by atoms with Crippen LogP contribution in [-0.2, 0) is 11.8 Å². The number of imidazole rings is 1. The van der Waals surface area contributed by atoms with E-state index in [-0.39, 0.29) is 24.4 Å². The normalized spacial score (nSPS) is 11.7. The third-order valence-corrected chi connectivity index (χ3v) is 3.41. The molecule has 0 bridgehead atoms. The molecule has 0 aliphatic heterocycles. The summed E-state index contributed by atoms with van der Waals surface area (Å²) in [6.07, 6.45) is 4.29. The summed E-state index contributed by atoms with van der Waals surface area (Å²) in [4.78, 5) is 27.1. The molecule has 0 fully saturated rings. The number of aromatic nitrogens is 2. The summed E-state index contributed by atoms with van der Waals surface area (Å²) in [6, 6.07) is 8.95. The molecule has 23 heavy (non-hydrogen) atoms. The van der Waals surface area contributed by atoms with E-state index in [1.165, 1.54) is 0 Å². The predicted molar refractivity (Wildman–Crippen MR) is 86.5 cm³/mol. The molecule has 7 nitrogen and oxygen atoms in total. The second-order valence-corrected chi connectivity index (χ2v) is 5.21. The standard InChI is InChI=1S/C16H21N5O2/c1-21-11-10-18-15(21)14(12-6-3-2-4-7-12)20-16(23)19-9-5-8-13(17)22/h2-4,6-7,10-11,14H,5,8-9H2,1H3,(H2,17,22)(H2,19,20,23)/t14-/m1/s1. The zero-order valence-electron chi connectivity index (χ0n) is 13.0. The molecule has 0 unspecified atom stereocenters. The maximum atomic E-state index is 12.1. The number of urea groups is 1. The minimum Gasteiger partial charge on any atom is -0.370 e. The first kappa shape index (κ1) is 16.5. The summed E-state index contributed by atoms with van der Waals surface area (Å²) in [7, 11) is 1.88. The first-order chi connectivity index (χ1) is 11.1. The van der Waals surface area contributed by atoms with Crippen molar-refractivity contribution in [1.29, 1.82) is 0 Å². The van der Waals surface area contributed by atoms with Gasteiger partial charge in [0.05, 0.1) is 0 Å². The van der Waals surface area contributed by atoms with Crippen LogP contribution in [0.25, 0.3) is 0 Å². The summed E-state index contributed by atoms with van der Waals surface area (Å²) < 4.78 is 1.87. The van der Waals surface area contributed by atoms with Crippen molar-refractivity contribution < 1.29 is 9.59 Å². The Hall–Kier alpha value is -2.83. The lowest BCUT2D eigenvalue weighted by molar-refractivity contribution is -0.118. The van der Waals surface area contributed by atoms with Crippen LogP contribution in [0.1, 0.15) is 30.3 Å². The van der Waals surface area contributed by atoms with Gasteiger partial charge in [-0.1, -0.05) is 30.3 Å². The molecule has 122 valence electrons. The van der Waals surface area contributed by atoms with Crippen molar-refractivity contribution in [1.82, 2.24) is 20.2 Å². The Morgan fingerprint density at radius 3 is 2.65 bits per heavy atom. The van der Waals surface area contributed by atoms with Gasteiger partial charge >= 0.3 is 6.03 Å². The molecule has 1 aromatic carbocycles. The first-order valence-corrected chi connectivity index (χ1v) is 7.42. The molecule has 0 saturated carbocycles. The highest BCUT2D eigenvalue weighted by Gasteiger charge is 2.20. The number of primary amides is 1. The van der Waals surface area contributed by atoms with Gasteiger partial charge in [-0.25, -0.2) is 9.78 Å². The molecule has 7 heteroatoms. The second-order valence-electron chi connectivity index (χ2n) is 5.21. The maximum Gasteiger partial charge on any atom is 0.315 e. The van der Waals surface area contributed by atoms with E-state index < -0.39 is 0 Å². The lowest BCUT2D eigenvalue weighted by atomic mass is 10.1. The Bertz CT molecular complexity index is 654. The van der Waals surface area contributed by atoms with Gasteiger partial charge in [-0.3, -0.25) is 4.79 Å². The van der Waals surface area contributed by atoms with E-state index in [0.717, 1.165) is 11.4 Å². The molecule has 0 aliphatic rings. The van der Waals surface area contributed by atoms with Gasteiger partial charge in [0.2, 0.25) is 5.91 Å². The summed E-state index contributed by atoms with van der Waals surface area (Å²) in [5.41, 5.74) is 6.01. The van der Waals surface area contributed by atoms with Crippen LogP contribution in [0.5, 0.6) is 0 Å². The van der Waals surface area contributed by atoms with E-state index in [2.05, 4.69) is 15.6 Å². The van der Waals surface area contributed by atoms with Crippen molar-refractivity contribution in [2.24, 2.45) is 12.8 Å². The molecular weight excluding hydrogens is 294 g/mol. The lowest BCUT2D eigenvalue weighted by Crippen LogP contribution is -2.39. The molecule has 2 rings (SSSR count). The third kappa shape index (κ3) is 4.84. The van der Waals surface area contributed by atoms with Crippen LogP contribution in [0.2, 0.25) is 0 Å². The van der Waals surface area contributed by atoms with Crippen LogP contribution in [-0.4, -0.2) is 28.0 Å². The van der Waals surface area contributed by atoms with Crippen molar-refractivity contribution in [3.63, 3.8) is 0 Å². The molecule has 1 heterocycles. The van der Waals surface area contributed by atoms with Crippen molar-refractivity contribution in [3.05, 3.63) is 54.1 Å². The number of aryl methyl sites for hydroxylation is 1. The number of hydrogen-bond acceptors (Lipinski definition) is 3. The fourth-order valence-electron chi connectivity index (χ4n) is 2.24. The van der Waals surface area contributed by atoms with E-state index in [1.54, 1.807) is 6.20 Å². The van der Waals surface area contributed by atoms with Crippen LogP contribution in [0.4, 0.5) is 4.79 Å². The predicted octanol–water partition coefficient (Wildman–Crippen LogP) is 1.07. The van der Waals surface area contributed by atoms with Gasteiger partial charge in [-0.05, 0) is 12.0 Å². The highest BCUT2D eigenvalue weighted by Crippen LogP contribution is 2.19. The zero-order valence-corrected chi connectivity index (χ0v) is 13.0. The van der Waals surface area contributed by atoms with Gasteiger partial charge in [-0.15, -0.1) is 0 Å². The molecule has 1 atom stereocenters. The number of rotatable bonds is 7. The fourth-order valence-corrected chi connectivity index (χ4v) is 2.24. The molecule has 0 spiro atoms. The maximum absolute atomic E-state index is 12.1. The van der Waals surface area contributed by atoms with Crippen molar-refractivity contribution in [2.75, 3.05) is 6.54 Å². The van der Waals surface area contributed by atoms with E-state index in [1.807, 2.05) is 48.1 Å². The van der Waals surface area contributed by atoms with Gasteiger partial charge in [-0.2, -0.15) is 0 Å². The topological polar surface area (TPSA) is 102 Å². The summed E-state index contributed by atoms with van der Waals surface area (Å²) in [5, 5.41) is 5.64. The fraction of sp³-hybridized carbons (Fsp3) is 0.312. The lowest BCUT2D eigenvalue weighted by Gasteiger charge is -2.19. The number of benzene rings is 1. The Morgan fingerprint density at radius 2 is 2.04 bits per heavy atom. The minimum atomic E-state index is -0.373. The Balaban J connectivity index is 2.03. The van der Waals surface area contributed by atoms with Crippen LogP contribution in [0, 0.1) is 0 Å².